The van der Waals surface area contributed by atoms with E-state index in [2.05, 4.69) is 36.9 Å². The zero-order valence-corrected chi connectivity index (χ0v) is 14.1. The van der Waals surface area contributed by atoms with Crippen molar-refractivity contribution in [2.24, 2.45) is 5.92 Å². The standard InChI is InChI=1S/C17H18ClN5O/c1-11-15(18)16(22-21-11)17-20-6-7-23(17)14-10-24-9-13(14)8-12-2-4-19-5-3-12/h2-7,13-14H,8-10H2,1H3,(H,21,22)/t13-,14-/m1/s1. The minimum Gasteiger partial charge on any atom is -0.379 e. The predicted molar refractivity (Wildman–Crippen MR) is 90.8 cm³/mol. The zero-order chi connectivity index (χ0) is 16.5. The van der Waals surface area contributed by atoms with Gasteiger partial charge in [-0.3, -0.25) is 10.1 Å². The van der Waals surface area contributed by atoms with Crippen LogP contribution in [0.2, 0.25) is 5.02 Å². The molecule has 7 heteroatoms. The fourth-order valence-corrected chi connectivity index (χ4v) is 3.41. The van der Waals surface area contributed by atoms with Crippen molar-refractivity contribution in [3.8, 4) is 11.5 Å². The molecule has 124 valence electrons. The smallest absolute Gasteiger partial charge is 0.162 e. The van der Waals surface area contributed by atoms with Crippen LogP contribution in [0.5, 0.6) is 0 Å². The fraction of sp³-hybridized carbons (Fsp3) is 0.353. The van der Waals surface area contributed by atoms with Crippen LogP contribution in [0.4, 0.5) is 0 Å². The van der Waals surface area contributed by atoms with E-state index >= 15 is 0 Å². The van der Waals surface area contributed by atoms with Crippen LogP contribution < -0.4 is 0 Å². The Morgan fingerprint density at radius 3 is 2.88 bits per heavy atom. The molecule has 1 aliphatic heterocycles. The van der Waals surface area contributed by atoms with Gasteiger partial charge in [0.05, 0.1) is 30.0 Å². The molecule has 0 amide bonds. The quantitative estimate of drug-likeness (QED) is 0.790. The second-order valence-corrected chi connectivity index (χ2v) is 6.47. The van der Waals surface area contributed by atoms with Gasteiger partial charge in [-0.25, -0.2) is 4.98 Å². The molecule has 1 N–H and O–H groups in total. The summed E-state index contributed by atoms with van der Waals surface area (Å²) in [4.78, 5) is 8.56. The van der Waals surface area contributed by atoms with Crippen molar-refractivity contribution in [2.45, 2.75) is 19.4 Å². The molecule has 2 atom stereocenters. The molecule has 1 aliphatic rings. The normalized spacial score (nSPS) is 20.6. The van der Waals surface area contributed by atoms with E-state index in [1.54, 1.807) is 6.20 Å². The van der Waals surface area contributed by atoms with Gasteiger partial charge in [0.1, 0.15) is 5.69 Å². The molecular formula is C17H18ClN5O. The Labute approximate surface area is 144 Å². The number of ether oxygens (including phenoxy) is 1. The summed E-state index contributed by atoms with van der Waals surface area (Å²) < 4.78 is 7.91. The van der Waals surface area contributed by atoms with E-state index in [9.17, 15) is 0 Å². The van der Waals surface area contributed by atoms with Crippen molar-refractivity contribution in [1.29, 1.82) is 0 Å². The Kier molecular flexibility index (Phi) is 4.08. The fourth-order valence-electron chi connectivity index (χ4n) is 3.24. The Balaban J connectivity index is 1.64. The van der Waals surface area contributed by atoms with Crippen LogP contribution in [0, 0.1) is 12.8 Å². The average Bonchev–Trinajstić information content (AvgIpc) is 3.30. The highest BCUT2D eigenvalue weighted by atomic mass is 35.5. The van der Waals surface area contributed by atoms with Gasteiger partial charge in [-0.15, -0.1) is 0 Å². The van der Waals surface area contributed by atoms with Crippen LogP contribution in [0.15, 0.2) is 36.9 Å². The van der Waals surface area contributed by atoms with Gasteiger partial charge in [0, 0.05) is 30.7 Å². The van der Waals surface area contributed by atoms with E-state index < -0.39 is 0 Å². The van der Waals surface area contributed by atoms with Crippen molar-refractivity contribution in [3.05, 3.63) is 53.2 Å². The summed E-state index contributed by atoms with van der Waals surface area (Å²) >= 11 is 6.36. The van der Waals surface area contributed by atoms with Crippen LogP contribution >= 0.6 is 11.6 Å². The van der Waals surface area contributed by atoms with Crippen molar-refractivity contribution < 1.29 is 4.74 Å². The van der Waals surface area contributed by atoms with Crippen molar-refractivity contribution in [2.75, 3.05) is 13.2 Å². The highest BCUT2D eigenvalue weighted by Gasteiger charge is 2.32. The molecule has 24 heavy (non-hydrogen) atoms. The third kappa shape index (κ3) is 2.72. The number of pyridine rings is 1. The second-order valence-electron chi connectivity index (χ2n) is 6.09. The summed E-state index contributed by atoms with van der Waals surface area (Å²) in [6.45, 7) is 3.30. The summed E-state index contributed by atoms with van der Waals surface area (Å²) in [6, 6.07) is 4.32. The molecule has 0 bridgehead atoms. The van der Waals surface area contributed by atoms with Crippen LogP contribution in [0.3, 0.4) is 0 Å². The predicted octanol–water partition coefficient (Wildman–Crippen LogP) is 3.06. The SMILES string of the molecule is Cc1[nH]nc(-c2nccn2[C@@H]2COC[C@H]2Cc2ccncc2)c1Cl. The van der Waals surface area contributed by atoms with Gasteiger partial charge in [-0.05, 0) is 31.0 Å². The molecule has 0 aromatic carbocycles. The molecule has 4 rings (SSSR count). The van der Waals surface area contributed by atoms with Gasteiger partial charge in [0.2, 0.25) is 0 Å². The molecule has 1 saturated heterocycles. The summed E-state index contributed by atoms with van der Waals surface area (Å²) in [6.07, 6.45) is 8.37. The number of nitrogens with zero attached hydrogens (tertiary/aromatic N) is 4. The molecule has 3 aromatic heterocycles. The van der Waals surface area contributed by atoms with Crippen molar-refractivity contribution >= 4 is 11.6 Å². The van der Waals surface area contributed by atoms with Crippen LogP contribution in [0.1, 0.15) is 17.3 Å². The molecule has 4 heterocycles. The number of hydrogen-bond acceptors (Lipinski definition) is 4. The number of aryl methyl sites for hydroxylation is 1. The average molecular weight is 344 g/mol. The molecule has 0 unspecified atom stereocenters. The lowest BCUT2D eigenvalue weighted by Gasteiger charge is -2.20. The monoisotopic (exact) mass is 343 g/mol. The number of H-pyrrole nitrogens is 1. The molecular weight excluding hydrogens is 326 g/mol. The molecule has 0 radical (unpaired) electrons. The lowest BCUT2D eigenvalue weighted by Crippen LogP contribution is -2.20. The Hall–Kier alpha value is -2.18. The van der Waals surface area contributed by atoms with Crippen LogP contribution in [0.25, 0.3) is 11.5 Å². The zero-order valence-electron chi connectivity index (χ0n) is 13.3. The molecule has 6 nitrogen and oxygen atoms in total. The maximum atomic E-state index is 6.36. The summed E-state index contributed by atoms with van der Waals surface area (Å²) in [5.41, 5.74) is 2.80. The number of aromatic amines is 1. The topological polar surface area (TPSA) is 68.6 Å². The van der Waals surface area contributed by atoms with E-state index in [-0.39, 0.29) is 6.04 Å². The largest absolute Gasteiger partial charge is 0.379 e. The number of hydrogen-bond donors (Lipinski definition) is 1. The van der Waals surface area contributed by atoms with E-state index in [1.165, 1.54) is 5.56 Å². The number of halogens is 1. The highest BCUT2D eigenvalue weighted by Crippen LogP contribution is 2.34. The molecule has 0 spiro atoms. The molecule has 1 fully saturated rings. The van der Waals surface area contributed by atoms with E-state index in [0.717, 1.165) is 24.5 Å². The molecule has 0 saturated carbocycles. The number of imidazole rings is 1. The van der Waals surface area contributed by atoms with Gasteiger partial charge in [-0.2, -0.15) is 5.10 Å². The van der Waals surface area contributed by atoms with Gasteiger partial charge in [0.15, 0.2) is 5.82 Å². The minimum atomic E-state index is 0.212. The van der Waals surface area contributed by atoms with E-state index in [0.29, 0.717) is 23.2 Å². The van der Waals surface area contributed by atoms with Crippen LogP contribution in [-0.2, 0) is 11.2 Å². The Morgan fingerprint density at radius 2 is 2.12 bits per heavy atom. The highest BCUT2D eigenvalue weighted by molar-refractivity contribution is 6.33. The first-order chi connectivity index (χ1) is 11.7. The maximum absolute atomic E-state index is 6.36. The Bertz CT molecular complexity index is 829. The molecule has 0 aliphatic carbocycles. The second kappa shape index (κ2) is 6.37. The number of rotatable bonds is 4. The third-order valence-electron chi connectivity index (χ3n) is 4.52. The first kappa shape index (κ1) is 15.4. The Morgan fingerprint density at radius 1 is 1.29 bits per heavy atom. The van der Waals surface area contributed by atoms with Gasteiger partial charge in [-0.1, -0.05) is 11.6 Å². The van der Waals surface area contributed by atoms with Crippen molar-refractivity contribution in [3.63, 3.8) is 0 Å². The summed E-state index contributed by atoms with van der Waals surface area (Å²) in [5, 5.41) is 7.85. The molecule has 3 aromatic rings. The summed E-state index contributed by atoms with van der Waals surface area (Å²) in [5.74, 6) is 1.15. The van der Waals surface area contributed by atoms with Gasteiger partial charge in [0.25, 0.3) is 0 Å². The van der Waals surface area contributed by atoms with Crippen molar-refractivity contribution in [1.82, 2.24) is 24.7 Å². The van der Waals surface area contributed by atoms with E-state index in [1.807, 2.05) is 25.5 Å². The third-order valence-corrected chi connectivity index (χ3v) is 4.98. The minimum absolute atomic E-state index is 0.212. The number of aromatic nitrogens is 5. The summed E-state index contributed by atoms with van der Waals surface area (Å²) in [7, 11) is 0. The lowest BCUT2D eigenvalue weighted by atomic mass is 9.95. The van der Waals surface area contributed by atoms with E-state index in [4.69, 9.17) is 16.3 Å². The first-order valence-electron chi connectivity index (χ1n) is 7.94. The first-order valence-corrected chi connectivity index (χ1v) is 8.32. The van der Waals surface area contributed by atoms with Gasteiger partial charge >= 0.3 is 0 Å². The maximum Gasteiger partial charge on any atom is 0.162 e. The number of nitrogens with one attached hydrogen (secondary N) is 1. The van der Waals surface area contributed by atoms with Gasteiger partial charge < -0.3 is 9.30 Å². The van der Waals surface area contributed by atoms with Crippen LogP contribution in [-0.4, -0.2) is 37.9 Å². The lowest BCUT2D eigenvalue weighted by molar-refractivity contribution is 0.181.